The van der Waals surface area contributed by atoms with Gasteiger partial charge in [0.25, 0.3) is 10.2 Å². The number of nitrogen functional groups attached to an aromatic ring is 1. The van der Waals surface area contributed by atoms with E-state index < -0.39 is 16.3 Å². The van der Waals surface area contributed by atoms with E-state index in [0.29, 0.717) is 29.8 Å². The Morgan fingerprint density at radius 3 is 2.60 bits per heavy atom. The van der Waals surface area contributed by atoms with Crippen molar-refractivity contribution in [2.24, 2.45) is 0 Å². The van der Waals surface area contributed by atoms with Crippen molar-refractivity contribution < 1.29 is 12.8 Å². The van der Waals surface area contributed by atoms with Crippen LogP contribution in [0.25, 0.3) is 11.1 Å². The van der Waals surface area contributed by atoms with Crippen LogP contribution in [-0.2, 0) is 10.2 Å². The maximum absolute atomic E-state index is 13.2. The number of rotatable bonds is 4. The molecule has 3 rings (SSSR count). The van der Waals surface area contributed by atoms with Gasteiger partial charge in [0.2, 0.25) is 5.95 Å². The van der Waals surface area contributed by atoms with E-state index in [1.165, 1.54) is 34.8 Å². The van der Waals surface area contributed by atoms with Crippen LogP contribution in [0.15, 0.2) is 30.5 Å². The van der Waals surface area contributed by atoms with E-state index in [2.05, 4.69) is 9.97 Å². The van der Waals surface area contributed by atoms with Gasteiger partial charge in [-0.25, -0.2) is 14.4 Å². The summed E-state index contributed by atoms with van der Waals surface area (Å²) in [5.74, 6) is -0.269. The number of halogens is 1. The molecule has 0 unspecified atom stereocenters. The highest BCUT2D eigenvalue weighted by Gasteiger charge is 2.38. The van der Waals surface area contributed by atoms with Crippen LogP contribution in [0.4, 0.5) is 10.3 Å². The summed E-state index contributed by atoms with van der Waals surface area (Å²) in [4.78, 5) is 8.35. The Morgan fingerprint density at radius 1 is 1.28 bits per heavy atom. The molecule has 1 aliphatic rings. The van der Waals surface area contributed by atoms with E-state index in [1.54, 1.807) is 18.3 Å². The first-order valence-corrected chi connectivity index (χ1v) is 9.28. The second kappa shape index (κ2) is 6.66. The maximum atomic E-state index is 13.2. The molecule has 2 aromatic rings. The smallest absolute Gasteiger partial charge is 0.282 e. The van der Waals surface area contributed by atoms with E-state index in [1.807, 2.05) is 0 Å². The van der Waals surface area contributed by atoms with Gasteiger partial charge in [-0.05, 0) is 30.5 Å². The van der Waals surface area contributed by atoms with E-state index in [4.69, 9.17) is 5.73 Å². The number of benzene rings is 1. The van der Waals surface area contributed by atoms with Gasteiger partial charge in [0.1, 0.15) is 5.82 Å². The molecule has 2 N–H and O–H groups in total. The molecule has 0 bridgehead atoms. The van der Waals surface area contributed by atoms with Gasteiger partial charge in [0, 0.05) is 32.4 Å². The summed E-state index contributed by atoms with van der Waals surface area (Å²) in [7, 11) is -0.587. The fourth-order valence-electron chi connectivity index (χ4n) is 3.01. The number of hydrogen-bond acceptors (Lipinski definition) is 5. The van der Waals surface area contributed by atoms with Crippen LogP contribution < -0.4 is 5.73 Å². The average molecular weight is 365 g/mol. The molecule has 1 aromatic carbocycles. The van der Waals surface area contributed by atoms with Crippen molar-refractivity contribution >= 4 is 16.2 Å². The highest BCUT2D eigenvalue weighted by atomic mass is 32.2. The zero-order valence-corrected chi connectivity index (χ0v) is 14.9. The molecule has 1 aromatic heterocycles. The Morgan fingerprint density at radius 2 is 1.96 bits per heavy atom. The van der Waals surface area contributed by atoms with Gasteiger partial charge in [-0.3, -0.25) is 0 Å². The minimum atomic E-state index is -3.59. The normalized spacial score (nSPS) is 18.8. The number of aromatic nitrogens is 2. The molecule has 9 heteroatoms. The summed E-state index contributed by atoms with van der Waals surface area (Å²) in [6.45, 7) is 0.415. The summed E-state index contributed by atoms with van der Waals surface area (Å²) in [6, 6.07) is 5.50. The zero-order valence-electron chi connectivity index (χ0n) is 14.1. The van der Waals surface area contributed by atoms with Gasteiger partial charge in [0.15, 0.2) is 0 Å². The number of nitrogens with two attached hydrogens (primary N) is 1. The Bertz CT molecular complexity index is 871. The minimum absolute atomic E-state index is 0.0787. The molecular formula is C16H20FN5O2S. The fraction of sp³-hybridized carbons (Fsp3) is 0.375. The van der Waals surface area contributed by atoms with Crippen LogP contribution in [0.5, 0.6) is 0 Å². The Kier molecular flexibility index (Phi) is 4.72. The lowest BCUT2D eigenvalue weighted by molar-refractivity contribution is 0.358. The van der Waals surface area contributed by atoms with Crippen LogP contribution in [0, 0.1) is 5.82 Å². The largest absolute Gasteiger partial charge is 0.368 e. The van der Waals surface area contributed by atoms with Crippen LogP contribution >= 0.6 is 0 Å². The first kappa shape index (κ1) is 17.7. The van der Waals surface area contributed by atoms with Gasteiger partial charge in [-0.2, -0.15) is 17.0 Å². The lowest BCUT2D eigenvalue weighted by Crippen LogP contribution is -2.39. The second-order valence-electron chi connectivity index (χ2n) is 6.09. The predicted molar refractivity (Wildman–Crippen MR) is 93.1 cm³/mol. The molecule has 25 heavy (non-hydrogen) atoms. The summed E-state index contributed by atoms with van der Waals surface area (Å²) in [6.07, 6.45) is 2.92. The summed E-state index contributed by atoms with van der Waals surface area (Å²) >= 11 is 0. The third kappa shape index (κ3) is 3.35. The van der Waals surface area contributed by atoms with Crippen molar-refractivity contribution in [3.63, 3.8) is 0 Å². The minimum Gasteiger partial charge on any atom is -0.368 e. The molecule has 0 amide bonds. The van der Waals surface area contributed by atoms with Crippen LogP contribution in [0.3, 0.4) is 0 Å². The first-order chi connectivity index (χ1) is 11.8. The molecule has 1 atom stereocenters. The molecule has 0 aliphatic carbocycles. The van der Waals surface area contributed by atoms with Gasteiger partial charge >= 0.3 is 0 Å². The standard InChI is InChI=1S/C16H20FN5O2S/c1-21(2)25(23,24)22-9-3-4-14(22)15-13(10-19-16(18)20-15)11-5-7-12(17)8-6-11/h5-8,10,14H,3-4,9H2,1-2H3,(H2,18,19,20)/t14-/m1/s1. The zero-order chi connectivity index (χ0) is 18.2. The summed E-state index contributed by atoms with van der Waals surface area (Å²) < 4.78 is 41.1. The highest BCUT2D eigenvalue weighted by molar-refractivity contribution is 7.86. The molecule has 0 saturated carbocycles. The van der Waals surface area contributed by atoms with Crippen LogP contribution in [0.2, 0.25) is 0 Å². The summed E-state index contributed by atoms with van der Waals surface area (Å²) in [5, 5.41) is 0. The quantitative estimate of drug-likeness (QED) is 0.892. The molecule has 1 fully saturated rings. The number of hydrogen-bond donors (Lipinski definition) is 1. The highest BCUT2D eigenvalue weighted by Crippen LogP contribution is 2.38. The predicted octanol–water partition coefficient (Wildman–Crippen LogP) is 1.81. The lowest BCUT2D eigenvalue weighted by Gasteiger charge is -2.27. The van der Waals surface area contributed by atoms with Crippen molar-refractivity contribution in [1.82, 2.24) is 18.6 Å². The first-order valence-electron chi connectivity index (χ1n) is 7.88. The lowest BCUT2D eigenvalue weighted by atomic mass is 10.0. The Labute approximate surface area is 146 Å². The summed E-state index contributed by atoms with van der Waals surface area (Å²) in [5.41, 5.74) is 7.66. The third-order valence-corrected chi connectivity index (χ3v) is 6.22. The molecule has 1 aliphatic heterocycles. The van der Waals surface area contributed by atoms with Crippen molar-refractivity contribution in [2.75, 3.05) is 26.4 Å². The average Bonchev–Trinajstić information content (AvgIpc) is 3.06. The maximum Gasteiger partial charge on any atom is 0.282 e. The Hall–Kier alpha value is -2.10. The Balaban J connectivity index is 2.10. The molecule has 1 saturated heterocycles. The van der Waals surface area contributed by atoms with Crippen LogP contribution in [-0.4, -0.2) is 47.6 Å². The molecular weight excluding hydrogens is 345 g/mol. The van der Waals surface area contributed by atoms with Crippen LogP contribution in [0.1, 0.15) is 24.6 Å². The van der Waals surface area contributed by atoms with Crippen molar-refractivity contribution in [3.05, 3.63) is 42.0 Å². The number of anilines is 1. The molecule has 0 spiro atoms. The number of nitrogens with zero attached hydrogens (tertiary/aromatic N) is 4. The molecule has 0 radical (unpaired) electrons. The van der Waals surface area contributed by atoms with Gasteiger partial charge < -0.3 is 5.73 Å². The van der Waals surface area contributed by atoms with Gasteiger partial charge in [0.05, 0.1) is 11.7 Å². The molecule has 2 heterocycles. The van der Waals surface area contributed by atoms with Crippen molar-refractivity contribution in [2.45, 2.75) is 18.9 Å². The third-order valence-electron chi connectivity index (χ3n) is 4.27. The monoisotopic (exact) mass is 365 g/mol. The SMILES string of the molecule is CN(C)S(=O)(=O)N1CCC[C@@H]1c1nc(N)ncc1-c1ccc(F)cc1. The van der Waals surface area contributed by atoms with Gasteiger partial charge in [-0.15, -0.1) is 0 Å². The van der Waals surface area contributed by atoms with E-state index in [-0.39, 0.29) is 11.8 Å². The van der Waals surface area contributed by atoms with E-state index in [9.17, 15) is 12.8 Å². The topological polar surface area (TPSA) is 92.4 Å². The van der Waals surface area contributed by atoms with E-state index >= 15 is 0 Å². The fourth-order valence-corrected chi connectivity index (χ4v) is 4.32. The second-order valence-corrected chi connectivity index (χ2v) is 8.19. The van der Waals surface area contributed by atoms with Crippen molar-refractivity contribution in [1.29, 1.82) is 0 Å². The molecule has 7 nitrogen and oxygen atoms in total. The van der Waals surface area contributed by atoms with E-state index in [0.717, 1.165) is 6.42 Å². The van der Waals surface area contributed by atoms with Crippen molar-refractivity contribution in [3.8, 4) is 11.1 Å². The molecule has 134 valence electrons. The van der Waals surface area contributed by atoms with Gasteiger partial charge in [-0.1, -0.05) is 12.1 Å².